The van der Waals surface area contributed by atoms with Gasteiger partial charge in [-0.1, -0.05) is 53.2 Å². The molecule has 5 rings (SSSR count). The van der Waals surface area contributed by atoms with E-state index in [1.807, 2.05) is 61.5 Å². The number of carbonyl (C=O) groups excluding carboxylic acids is 1. The van der Waals surface area contributed by atoms with E-state index < -0.39 is 16.1 Å². The van der Waals surface area contributed by atoms with Crippen molar-refractivity contribution in [3.05, 3.63) is 83.4 Å². The maximum Gasteiger partial charge on any atom is 0.246 e. The number of para-hydroxylation sites is 2. The van der Waals surface area contributed by atoms with E-state index in [1.165, 1.54) is 16.4 Å². The normalized spacial score (nSPS) is 16.6. The first-order chi connectivity index (χ1) is 16.9. The predicted molar refractivity (Wildman–Crippen MR) is 135 cm³/mol. The molecule has 1 aromatic heterocycles. The van der Waals surface area contributed by atoms with Crippen LogP contribution in [0.25, 0.3) is 11.0 Å². The van der Waals surface area contributed by atoms with Crippen LogP contribution in [-0.4, -0.2) is 46.2 Å². The Hall–Kier alpha value is -3.27. The van der Waals surface area contributed by atoms with Crippen LogP contribution in [0.2, 0.25) is 5.02 Å². The number of aromatic nitrogens is 3. The van der Waals surface area contributed by atoms with Crippen molar-refractivity contribution in [1.29, 1.82) is 0 Å². The number of rotatable bonds is 6. The SMILES string of the molecule is Cc1ccc(S(=O)(=O)N2CCCC2C(=O)N(Cn2nnc3ccccc32)c2ccccc2)cc1Cl. The number of benzene rings is 3. The lowest BCUT2D eigenvalue weighted by molar-refractivity contribution is -0.122. The average Bonchev–Trinajstić information content (AvgIpc) is 3.52. The van der Waals surface area contributed by atoms with Crippen molar-refractivity contribution in [3.8, 4) is 0 Å². The summed E-state index contributed by atoms with van der Waals surface area (Å²) in [7, 11) is -3.92. The molecule has 0 radical (unpaired) electrons. The largest absolute Gasteiger partial charge is 0.291 e. The number of sulfonamides is 1. The van der Waals surface area contributed by atoms with Gasteiger partial charge in [0.2, 0.25) is 15.9 Å². The van der Waals surface area contributed by atoms with Crippen LogP contribution in [0.5, 0.6) is 0 Å². The molecule has 0 bridgehead atoms. The molecule has 1 unspecified atom stereocenters. The van der Waals surface area contributed by atoms with E-state index in [1.54, 1.807) is 15.6 Å². The highest BCUT2D eigenvalue weighted by Gasteiger charge is 2.41. The molecule has 35 heavy (non-hydrogen) atoms. The smallest absolute Gasteiger partial charge is 0.246 e. The molecule has 0 saturated carbocycles. The van der Waals surface area contributed by atoms with Crippen molar-refractivity contribution in [2.75, 3.05) is 11.4 Å². The fourth-order valence-electron chi connectivity index (χ4n) is 4.37. The molecule has 3 aromatic carbocycles. The number of amides is 1. The van der Waals surface area contributed by atoms with Gasteiger partial charge in [0, 0.05) is 17.3 Å². The van der Waals surface area contributed by atoms with E-state index in [4.69, 9.17) is 11.6 Å². The van der Waals surface area contributed by atoms with Gasteiger partial charge in [0.05, 0.1) is 10.4 Å². The van der Waals surface area contributed by atoms with Gasteiger partial charge in [-0.25, -0.2) is 13.1 Å². The molecule has 4 aromatic rings. The highest BCUT2D eigenvalue weighted by atomic mass is 35.5. The minimum absolute atomic E-state index is 0.0846. The summed E-state index contributed by atoms with van der Waals surface area (Å²) >= 11 is 6.21. The second-order valence-electron chi connectivity index (χ2n) is 8.51. The van der Waals surface area contributed by atoms with Crippen molar-refractivity contribution < 1.29 is 13.2 Å². The summed E-state index contributed by atoms with van der Waals surface area (Å²) in [5.41, 5.74) is 2.94. The number of carbonyl (C=O) groups is 1. The number of nitrogens with zero attached hydrogens (tertiary/aromatic N) is 5. The van der Waals surface area contributed by atoms with E-state index in [0.717, 1.165) is 11.1 Å². The third kappa shape index (κ3) is 4.42. The van der Waals surface area contributed by atoms with Gasteiger partial charge < -0.3 is 0 Å². The highest BCUT2D eigenvalue weighted by Crippen LogP contribution is 2.31. The van der Waals surface area contributed by atoms with Gasteiger partial charge in [0.15, 0.2) is 0 Å². The summed E-state index contributed by atoms with van der Waals surface area (Å²) in [6.07, 6.45) is 1.02. The standard InChI is InChI=1S/C25H24ClN5O3S/c1-18-13-14-20(16-21(18)26)35(33,34)31-15-7-12-24(31)25(32)29(19-8-3-2-4-9-19)17-30-23-11-6-5-10-22(23)27-28-30/h2-6,8-11,13-14,16,24H,7,12,15,17H2,1H3. The average molecular weight is 510 g/mol. The Morgan fingerprint density at radius 2 is 1.83 bits per heavy atom. The van der Waals surface area contributed by atoms with Gasteiger partial charge in [-0.05, 0) is 61.7 Å². The molecule has 10 heteroatoms. The molecule has 0 aliphatic carbocycles. The molecule has 1 amide bonds. The molecule has 1 aliphatic heterocycles. The van der Waals surface area contributed by atoms with Gasteiger partial charge in [-0.2, -0.15) is 4.31 Å². The van der Waals surface area contributed by atoms with Crippen molar-refractivity contribution in [2.24, 2.45) is 0 Å². The van der Waals surface area contributed by atoms with Crippen LogP contribution in [0.15, 0.2) is 77.7 Å². The van der Waals surface area contributed by atoms with Crippen LogP contribution < -0.4 is 4.90 Å². The van der Waals surface area contributed by atoms with Crippen LogP contribution in [0, 0.1) is 6.92 Å². The minimum atomic E-state index is -3.92. The van der Waals surface area contributed by atoms with Crippen molar-refractivity contribution in [2.45, 2.75) is 37.4 Å². The fourth-order valence-corrected chi connectivity index (χ4v) is 6.29. The molecule has 1 aliphatic rings. The first-order valence-corrected chi connectivity index (χ1v) is 13.1. The lowest BCUT2D eigenvalue weighted by atomic mass is 10.2. The topological polar surface area (TPSA) is 88.4 Å². The molecule has 0 N–H and O–H groups in total. The lowest BCUT2D eigenvalue weighted by Gasteiger charge is -2.30. The van der Waals surface area contributed by atoms with Gasteiger partial charge in [0.25, 0.3) is 0 Å². The van der Waals surface area contributed by atoms with Gasteiger partial charge in [-0.15, -0.1) is 5.10 Å². The van der Waals surface area contributed by atoms with Crippen molar-refractivity contribution in [3.63, 3.8) is 0 Å². The van der Waals surface area contributed by atoms with Gasteiger partial charge in [0.1, 0.15) is 18.2 Å². The number of aryl methyl sites for hydroxylation is 1. The minimum Gasteiger partial charge on any atom is -0.291 e. The number of fused-ring (bicyclic) bond motifs is 1. The maximum absolute atomic E-state index is 13.9. The van der Waals surface area contributed by atoms with E-state index in [-0.39, 0.29) is 24.0 Å². The Balaban J connectivity index is 1.50. The van der Waals surface area contributed by atoms with Crippen LogP contribution in [0.4, 0.5) is 5.69 Å². The van der Waals surface area contributed by atoms with E-state index >= 15 is 0 Å². The summed E-state index contributed by atoms with van der Waals surface area (Å²) in [6.45, 7) is 2.18. The molecular formula is C25H24ClN5O3S. The second kappa shape index (κ2) is 9.41. The van der Waals surface area contributed by atoms with Crippen LogP contribution in [0.3, 0.4) is 0 Å². The molecule has 0 spiro atoms. The van der Waals surface area contributed by atoms with E-state index in [0.29, 0.717) is 29.1 Å². The van der Waals surface area contributed by atoms with Crippen molar-refractivity contribution >= 4 is 44.3 Å². The highest BCUT2D eigenvalue weighted by molar-refractivity contribution is 7.89. The van der Waals surface area contributed by atoms with E-state index in [9.17, 15) is 13.2 Å². The third-order valence-corrected chi connectivity index (χ3v) is 8.58. The quantitative estimate of drug-likeness (QED) is 0.388. The Bertz CT molecular complexity index is 1490. The Morgan fingerprint density at radius 3 is 2.60 bits per heavy atom. The molecule has 2 heterocycles. The molecule has 180 valence electrons. The van der Waals surface area contributed by atoms with Crippen molar-refractivity contribution in [1.82, 2.24) is 19.3 Å². The Morgan fingerprint density at radius 1 is 1.09 bits per heavy atom. The van der Waals surface area contributed by atoms with Gasteiger partial charge in [-0.3, -0.25) is 9.69 Å². The lowest BCUT2D eigenvalue weighted by Crippen LogP contribution is -2.48. The summed E-state index contributed by atoms with van der Waals surface area (Å²) in [5.74, 6) is -0.310. The maximum atomic E-state index is 13.9. The number of anilines is 1. The number of hydrogen-bond acceptors (Lipinski definition) is 5. The summed E-state index contributed by atoms with van der Waals surface area (Å²) in [5, 5.41) is 8.79. The molecule has 8 nitrogen and oxygen atoms in total. The summed E-state index contributed by atoms with van der Waals surface area (Å²) < 4.78 is 30.0. The van der Waals surface area contributed by atoms with Crippen LogP contribution >= 0.6 is 11.6 Å². The number of hydrogen-bond donors (Lipinski definition) is 0. The zero-order valence-electron chi connectivity index (χ0n) is 19.1. The van der Waals surface area contributed by atoms with Crippen LogP contribution in [0.1, 0.15) is 18.4 Å². The van der Waals surface area contributed by atoms with E-state index in [2.05, 4.69) is 10.3 Å². The monoisotopic (exact) mass is 509 g/mol. The summed E-state index contributed by atoms with van der Waals surface area (Å²) in [6, 6.07) is 20.5. The molecular weight excluding hydrogens is 486 g/mol. The fraction of sp³-hybridized carbons (Fsp3) is 0.240. The predicted octanol–water partition coefficient (Wildman–Crippen LogP) is 4.24. The third-order valence-electron chi connectivity index (χ3n) is 6.27. The Kier molecular flexibility index (Phi) is 6.31. The molecule has 1 saturated heterocycles. The Labute approximate surface area is 208 Å². The zero-order valence-corrected chi connectivity index (χ0v) is 20.7. The molecule has 1 fully saturated rings. The first kappa shape index (κ1) is 23.5. The molecule has 1 atom stereocenters. The zero-order chi connectivity index (χ0) is 24.6. The first-order valence-electron chi connectivity index (χ1n) is 11.3. The second-order valence-corrected chi connectivity index (χ2v) is 10.8. The number of halogens is 1. The van der Waals surface area contributed by atoms with Crippen LogP contribution in [-0.2, 0) is 21.5 Å². The summed E-state index contributed by atoms with van der Waals surface area (Å²) in [4.78, 5) is 15.6. The van der Waals surface area contributed by atoms with Gasteiger partial charge >= 0.3 is 0 Å².